The van der Waals surface area contributed by atoms with E-state index in [1.54, 1.807) is 0 Å². The summed E-state index contributed by atoms with van der Waals surface area (Å²) in [5.74, 6) is 0.754. The average Bonchev–Trinajstić information content (AvgIpc) is 2.25. The Labute approximate surface area is 100 Å². The van der Waals surface area contributed by atoms with Gasteiger partial charge in [-0.25, -0.2) is 0 Å². The summed E-state index contributed by atoms with van der Waals surface area (Å²) in [5, 5.41) is 0. The van der Waals surface area contributed by atoms with Gasteiger partial charge in [0.25, 0.3) is 0 Å². The topological polar surface area (TPSA) is 26.0 Å². The summed E-state index contributed by atoms with van der Waals surface area (Å²) in [5.41, 5.74) is 8.54. The number of nitrogens with two attached hydrogens (primary N) is 1. The molecule has 0 saturated heterocycles. The highest BCUT2D eigenvalue weighted by atomic mass is 14.8. The van der Waals surface area contributed by atoms with Crippen LogP contribution < -0.4 is 5.73 Å². The van der Waals surface area contributed by atoms with Crippen LogP contribution in [0.25, 0.3) is 0 Å². The fourth-order valence-electron chi connectivity index (χ4n) is 3.97. The third kappa shape index (κ3) is 1.95. The Morgan fingerprint density at radius 3 is 2.38 bits per heavy atom. The van der Waals surface area contributed by atoms with Crippen molar-refractivity contribution < 1.29 is 0 Å². The zero-order chi connectivity index (χ0) is 11.8. The standard InChI is InChI=1S/C15H27N/c1-12-9-10-15(16,14(2,3)11-12)13-7-5-4-6-8-13/h13H,1,4-11,16H2,2-3H3. The van der Waals surface area contributed by atoms with Crippen molar-refractivity contribution >= 4 is 0 Å². The molecule has 2 rings (SSSR count). The monoisotopic (exact) mass is 221 g/mol. The van der Waals surface area contributed by atoms with E-state index >= 15 is 0 Å². The molecule has 0 heterocycles. The minimum absolute atomic E-state index is 0.0641. The van der Waals surface area contributed by atoms with Crippen LogP contribution >= 0.6 is 0 Å². The van der Waals surface area contributed by atoms with E-state index in [9.17, 15) is 0 Å². The number of rotatable bonds is 1. The lowest BCUT2D eigenvalue weighted by molar-refractivity contribution is 0.0453. The zero-order valence-electron chi connectivity index (χ0n) is 11.0. The predicted octanol–water partition coefficient (Wildman–Crippen LogP) is 4.03. The predicted molar refractivity (Wildman–Crippen MR) is 70.3 cm³/mol. The van der Waals surface area contributed by atoms with Crippen LogP contribution in [0.4, 0.5) is 0 Å². The van der Waals surface area contributed by atoms with Gasteiger partial charge in [-0.2, -0.15) is 0 Å². The van der Waals surface area contributed by atoms with Crippen molar-refractivity contribution in [1.29, 1.82) is 0 Å². The molecule has 2 fully saturated rings. The Hall–Kier alpha value is -0.300. The largest absolute Gasteiger partial charge is 0.324 e. The zero-order valence-corrected chi connectivity index (χ0v) is 11.0. The van der Waals surface area contributed by atoms with Gasteiger partial charge in [0.2, 0.25) is 0 Å². The second-order valence-electron chi connectivity index (χ2n) is 6.69. The van der Waals surface area contributed by atoms with E-state index in [-0.39, 0.29) is 11.0 Å². The molecule has 0 aromatic rings. The van der Waals surface area contributed by atoms with E-state index in [4.69, 9.17) is 5.73 Å². The number of hydrogen-bond donors (Lipinski definition) is 1. The second-order valence-corrected chi connectivity index (χ2v) is 6.69. The molecule has 2 saturated carbocycles. The maximum atomic E-state index is 6.83. The molecule has 16 heavy (non-hydrogen) atoms. The highest BCUT2D eigenvalue weighted by Crippen LogP contribution is 2.51. The molecule has 1 unspecified atom stereocenters. The summed E-state index contributed by atoms with van der Waals surface area (Å²) in [7, 11) is 0. The molecule has 1 nitrogen and oxygen atoms in total. The van der Waals surface area contributed by atoms with E-state index in [0.717, 1.165) is 25.2 Å². The summed E-state index contributed by atoms with van der Waals surface area (Å²) in [4.78, 5) is 0. The van der Waals surface area contributed by atoms with Gasteiger partial charge >= 0.3 is 0 Å². The van der Waals surface area contributed by atoms with Crippen molar-refractivity contribution in [3.8, 4) is 0 Å². The van der Waals surface area contributed by atoms with Crippen LogP contribution in [0, 0.1) is 11.3 Å². The van der Waals surface area contributed by atoms with Gasteiger partial charge in [-0.15, -0.1) is 0 Å². The van der Waals surface area contributed by atoms with Crippen molar-refractivity contribution in [2.45, 2.75) is 70.8 Å². The summed E-state index contributed by atoms with van der Waals surface area (Å²) in [6.45, 7) is 8.87. The van der Waals surface area contributed by atoms with E-state index < -0.39 is 0 Å². The maximum Gasteiger partial charge on any atom is 0.0240 e. The van der Waals surface area contributed by atoms with Crippen LogP contribution in [-0.2, 0) is 0 Å². The minimum atomic E-state index is 0.0641. The van der Waals surface area contributed by atoms with Gasteiger partial charge in [-0.05, 0) is 43.4 Å². The van der Waals surface area contributed by atoms with Gasteiger partial charge in [0, 0.05) is 5.54 Å². The van der Waals surface area contributed by atoms with Gasteiger partial charge < -0.3 is 5.73 Å². The van der Waals surface area contributed by atoms with Crippen LogP contribution in [0.1, 0.15) is 65.2 Å². The normalized spacial score (nSPS) is 36.3. The fraction of sp³-hybridized carbons (Fsp3) is 0.867. The number of hydrogen-bond acceptors (Lipinski definition) is 1. The third-order valence-corrected chi connectivity index (χ3v) is 5.18. The molecule has 2 N–H and O–H groups in total. The second kappa shape index (κ2) is 4.18. The van der Waals surface area contributed by atoms with Crippen molar-refractivity contribution in [3.05, 3.63) is 12.2 Å². The molecule has 0 aliphatic heterocycles. The third-order valence-electron chi connectivity index (χ3n) is 5.18. The molecule has 0 aromatic heterocycles. The maximum absolute atomic E-state index is 6.83. The lowest BCUT2D eigenvalue weighted by atomic mass is 9.55. The Bertz CT molecular complexity index is 273. The summed E-state index contributed by atoms with van der Waals surface area (Å²) < 4.78 is 0. The first-order valence-electron chi connectivity index (χ1n) is 6.91. The average molecular weight is 221 g/mol. The van der Waals surface area contributed by atoms with Gasteiger partial charge in [0.05, 0.1) is 0 Å². The Morgan fingerprint density at radius 2 is 1.81 bits per heavy atom. The highest BCUT2D eigenvalue weighted by molar-refractivity contribution is 5.15. The first-order valence-corrected chi connectivity index (χ1v) is 6.91. The van der Waals surface area contributed by atoms with Crippen LogP contribution in [0.2, 0.25) is 0 Å². The summed E-state index contributed by atoms with van der Waals surface area (Å²) in [6.07, 6.45) is 10.3. The molecule has 92 valence electrons. The summed E-state index contributed by atoms with van der Waals surface area (Å²) >= 11 is 0. The molecule has 1 atom stereocenters. The first kappa shape index (κ1) is 12.2. The quantitative estimate of drug-likeness (QED) is 0.665. The van der Waals surface area contributed by atoms with E-state index in [1.165, 1.54) is 37.7 Å². The Balaban J connectivity index is 2.18. The van der Waals surface area contributed by atoms with Crippen molar-refractivity contribution in [3.63, 3.8) is 0 Å². The van der Waals surface area contributed by atoms with Crippen LogP contribution in [-0.4, -0.2) is 5.54 Å². The van der Waals surface area contributed by atoms with Crippen molar-refractivity contribution in [2.75, 3.05) is 0 Å². The number of allylic oxidation sites excluding steroid dienone is 1. The molecular weight excluding hydrogens is 194 g/mol. The van der Waals surface area contributed by atoms with Gasteiger partial charge in [-0.1, -0.05) is 45.3 Å². The van der Waals surface area contributed by atoms with E-state index in [0.29, 0.717) is 0 Å². The molecule has 0 amide bonds. The Morgan fingerprint density at radius 1 is 1.19 bits per heavy atom. The smallest absolute Gasteiger partial charge is 0.0240 e. The molecule has 1 heteroatoms. The summed E-state index contributed by atoms with van der Waals surface area (Å²) in [6, 6.07) is 0. The van der Waals surface area contributed by atoms with Gasteiger partial charge in [0.1, 0.15) is 0 Å². The highest BCUT2D eigenvalue weighted by Gasteiger charge is 2.49. The lowest BCUT2D eigenvalue weighted by Gasteiger charge is -2.54. The van der Waals surface area contributed by atoms with Gasteiger partial charge in [0.15, 0.2) is 0 Å². The Kier molecular flexibility index (Phi) is 3.18. The first-order chi connectivity index (χ1) is 7.46. The van der Waals surface area contributed by atoms with Crippen LogP contribution in [0.15, 0.2) is 12.2 Å². The lowest BCUT2D eigenvalue weighted by Crippen LogP contribution is -2.60. The molecule has 0 aromatic carbocycles. The molecule has 2 aliphatic carbocycles. The fourth-order valence-corrected chi connectivity index (χ4v) is 3.97. The molecule has 0 bridgehead atoms. The van der Waals surface area contributed by atoms with Crippen molar-refractivity contribution in [1.82, 2.24) is 0 Å². The van der Waals surface area contributed by atoms with Crippen molar-refractivity contribution in [2.24, 2.45) is 17.1 Å². The van der Waals surface area contributed by atoms with Crippen LogP contribution in [0.3, 0.4) is 0 Å². The SMILES string of the molecule is C=C1CCC(N)(C2CCCCC2)C(C)(C)C1. The molecule has 0 radical (unpaired) electrons. The van der Waals surface area contributed by atoms with Crippen LogP contribution in [0.5, 0.6) is 0 Å². The van der Waals surface area contributed by atoms with Gasteiger partial charge in [-0.3, -0.25) is 0 Å². The van der Waals surface area contributed by atoms with E-state index in [2.05, 4.69) is 20.4 Å². The minimum Gasteiger partial charge on any atom is -0.324 e. The molecule has 2 aliphatic rings. The van der Waals surface area contributed by atoms with E-state index in [1.807, 2.05) is 0 Å². The molecule has 0 spiro atoms. The molecular formula is C15H27N.